The first-order valence-electron chi connectivity index (χ1n) is 7.94. The maximum absolute atomic E-state index is 14.7. The van der Waals surface area contributed by atoms with Crippen LogP contribution in [0.1, 0.15) is 32.1 Å². The van der Waals surface area contributed by atoms with E-state index in [2.05, 4.69) is 0 Å². The van der Waals surface area contributed by atoms with Crippen molar-refractivity contribution in [3.63, 3.8) is 0 Å². The predicted octanol–water partition coefficient (Wildman–Crippen LogP) is 5.39. The molecule has 1 N–H and O–H groups in total. The lowest BCUT2D eigenvalue weighted by atomic mass is 10.0. The average Bonchev–Trinajstić information content (AvgIpc) is 2.58. The summed E-state index contributed by atoms with van der Waals surface area (Å²) in [5.41, 5.74) is 0.684. The molecule has 0 spiro atoms. The minimum Gasteiger partial charge on any atom is -0.421 e. The maximum Gasteiger partial charge on any atom is 0.379 e. The summed E-state index contributed by atoms with van der Waals surface area (Å²) in [7, 11) is -3.87. The van der Waals surface area contributed by atoms with E-state index >= 15 is 0 Å². The molecule has 1 aliphatic rings. The van der Waals surface area contributed by atoms with Gasteiger partial charge in [0.2, 0.25) is 0 Å². The summed E-state index contributed by atoms with van der Waals surface area (Å²) in [6, 6.07) is 13.8. The Labute approximate surface area is 135 Å². The van der Waals surface area contributed by atoms with Crippen LogP contribution in [-0.2, 0) is 4.57 Å². The van der Waals surface area contributed by atoms with E-state index < -0.39 is 19.1 Å². The van der Waals surface area contributed by atoms with Gasteiger partial charge < -0.3 is 9.42 Å². The lowest BCUT2D eigenvalue weighted by Gasteiger charge is -2.26. The molecule has 0 bridgehead atoms. The van der Waals surface area contributed by atoms with Gasteiger partial charge in [-0.2, -0.15) is 0 Å². The highest BCUT2D eigenvalue weighted by molar-refractivity contribution is 7.54. The Morgan fingerprint density at radius 3 is 2.39 bits per heavy atom. The van der Waals surface area contributed by atoms with Crippen molar-refractivity contribution in [1.82, 2.24) is 0 Å². The fraction of sp³-hybridized carbons (Fsp3) is 0.333. The fourth-order valence-electron chi connectivity index (χ4n) is 3.04. The summed E-state index contributed by atoms with van der Waals surface area (Å²) in [5, 5.41) is 0. The highest BCUT2D eigenvalue weighted by Gasteiger charge is 2.35. The lowest BCUT2D eigenvalue weighted by Crippen LogP contribution is -2.16. The predicted molar refractivity (Wildman–Crippen MR) is 89.2 cm³/mol. The molecule has 0 saturated heterocycles. The highest BCUT2D eigenvalue weighted by Crippen LogP contribution is 2.53. The third kappa shape index (κ3) is 3.65. The van der Waals surface area contributed by atoms with E-state index in [1.807, 2.05) is 18.2 Å². The van der Waals surface area contributed by atoms with Gasteiger partial charge in [-0.25, -0.2) is 8.96 Å². The first kappa shape index (κ1) is 16.2. The van der Waals surface area contributed by atoms with Gasteiger partial charge in [0.05, 0.1) is 5.66 Å². The Hall–Kier alpha value is -1.64. The van der Waals surface area contributed by atoms with E-state index in [9.17, 15) is 13.8 Å². The lowest BCUT2D eigenvalue weighted by molar-refractivity contribution is 0.337. The number of halogens is 1. The maximum atomic E-state index is 14.7. The van der Waals surface area contributed by atoms with Crippen molar-refractivity contribution >= 4 is 7.60 Å². The van der Waals surface area contributed by atoms with Crippen molar-refractivity contribution in [3.8, 4) is 16.9 Å². The van der Waals surface area contributed by atoms with Crippen LogP contribution in [0, 0.1) is 5.82 Å². The summed E-state index contributed by atoms with van der Waals surface area (Å²) in [6.45, 7) is 0. The molecule has 0 radical (unpaired) electrons. The van der Waals surface area contributed by atoms with Gasteiger partial charge in [0.15, 0.2) is 11.6 Å². The van der Waals surface area contributed by atoms with E-state index in [1.54, 1.807) is 24.3 Å². The summed E-state index contributed by atoms with van der Waals surface area (Å²) < 4.78 is 32.5. The normalized spacial score (nSPS) is 18.3. The molecular weight excluding hydrogens is 314 g/mol. The Balaban J connectivity index is 1.87. The Kier molecular flexibility index (Phi) is 4.84. The van der Waals surface area contributed by atoms with Crippen LogP contribution in [0.25, 0.3) is 11.1 Å². The number of benzene rings is 2. The SMILES string of the molecule is O=P(O)(Oc1cccc(-c2ccccc2)c1F)C1CCCCC1. The molecule has 1 saturated carbocycles. The molecule has 2 aromatic rings. The smallest absolute Gasteiger partial charge is 0.379 e. The number of hydrogen-bond donors (Lipinski definition) is 1. The molecule has 5 heteroatoms. The van der Waals surface area contributed by atoms with Gasteiger partial charge in [-0.05, 0) is 24.5 Å². The highest BCUT2D eigenvalue weighted by atomic mass is 31.2. The second kappa shape index (κ2) is 6.86. The Morgan fingerprint density at radius 1 is 1.00 bits per heavy atom. The number of hydrogen-bond acceptors (Lipinski definition) is 2. The quantitative estimate of drug-likeness (QED) is 0.763. The third-order valence-corrected chi connectivity index (χ3v) is 6.21. The molecule has 0 aromatic heterocycles. The molecular formula is C18H20FO3P. The van der Waals surface area contributed by atoms with Crippen LogP contribution in [0.2, 0.25) is 0 Å². The second-order valence-corrected chi connectivity index (χ2v) is 7.97. The fourth-order valence-corrected chi connectivity index (χ4v) is 4.63. The molecule has 0 amide bonds. The number of rotatable bonds is 4. The van der Waals surface area contributed by atoms with Crippen LogP contribution in [0.3, 0.4) is 0 Å². The van der Waals surface area contributed by atoms with Gasteiger partial charge in [-0.3, -0.25) is 0 Å². The zero-order valence-corrected chi connectivity index (χ0v) is 13.7. The van der Waals surface area contributed by atoms with Gasteiger partial charge in [0.25, 0.3) is 0 Å². The van der Waals surface area contributed by atoms with E-state index in [-0.39, 0.29) is 5.75 Å². The largest absolute Gasteiger partial charge is 0.421 e. The van der Waals surface area contributed by atoms with Crippen molar-refractivity contribution in [2.24, 2.45) is 0 Å². The van der Waals surface area contributed by atoms with Crippen molar-refractivity contribution in [3.05, 3.63) is 54.3 Å². The average molecular weight is 334 g/mol. The molecule has 0 aliphatic heterocycles. The van der Waals surface area contributed by atoms with Crippen molar-refractivity contribution in [2.45, 2.75) is 37.8 Å². The zero-order valence-electron chi connectivity index (χ0n) is 12.8. The molecule has 2 aromatic carbocycles. The van der Waals surface area contributed by atoms with E-state index in [0.717, 1.165) is 19.3 Å². The third-order valence-electron chi connectivity index (χ3n) is 4.31. The molecule has 1 atom stereocenters. The molecule has 1 aliphatic carbocycles. The topological polar surface area (TPSA) is 46.5 Å². The monoisotopic (exact) mass is 334 g/mol. The van der Waals surface area contributed by atoms with Crippen LogP contribution in [-0.4, -0.2) is 10.6 Å². The molecule has 3 nitrogen and oxygen atoms in total. The summed E-state index contributed by atoms with van der Waals surface area (Å²) in [6.07, 6.45) is 4.24. The van der Waals surface area contributed by atoms with Crippen LogP contribution >= 0.6 is 7.60 Å². The minimum atomic E-state index is -3.87. The first-order chi connectivity index (χ1) is 11.1. The Bertz CT molecular complexity index is 711. The van der Waals surface area contributed by atoms with E-state index in [4.69, 9.17) is 4.52 Å². The standard InChI is InChI=1S/C18H20FO3P/c19-18-16(14-8-3-1-4-9-14)12-7-13-17(18)22-23(20,21)15-10-5-2-6-11-15/h1,3-4,7-9,12-13,15H,2,5-6,10-11H2,(H,20,21). The Morgan fingerprint density at radius 2 is 1.70 bits per heavy atom. The second-order valence-electron chi connectivity index (χ2n) is 5.93. The van der Waals surface area contributed by atoms with Gasteiger partial charge in [-0.1, -0.05) is 61.7 Å². The molecule has 1 fully saturated rings. The summed E-state index contributed by atoms with van der Waals surface area (Å²) >= 11 is 0. The molecule has 23 heavy (non-hydrogen) atoms. The summed E-state index contributed by atoms with van der Waals surface area (Å²) in [5.74, 6) is -0.744. The zero-order chi connectivity index (χ0) is 16.3. The minimum absolute atomic E-state index is 0.150. The van der Waals surface area contributed by atoms with Gasteiger partial charge >= 0.3 is 7.60 Å². The molecule has 1 unspecified atom stereocenters. The molecule has 122 valence electrons. The van der Waals surface area contributed by atoms with Gasteiger partial charge in [-0.15, -0.1) is 0 Å². The molecule has 0 heterocycles. The summed E-state index contributed by atoms with van der Waals surface area (Å²) in [4.78, 5) is 10.2. The first-order valence-corrected chi connectivity index (χ1v) is 9.58. The van der Waals surface area contributed by atoms with E-state index in [1.165, 1.54) is 6.07 Å². The van der Waals surface area contributed by atoms with Crippen LogP contribution in [0.4, 0.5) is 4.39 Å². The van der Waals surface area contributed by atoms with E-state index in [0.29, 0.717) is 24.0 Å². The van der Waals surface area contributed by atoms with Gasteiger partial charge in [0, 0.05) is 5.56 Å². The van der Waals surface area contributed by atoms with Crippen molar-refractivity contribution < 1.29 is 18.4 Å². The van der Waals surface area contributed by atoms with Crippen LogP contribution in [0.15, 0.2) is 48.5 Å². The van der Waals surface area contributed by atoms with Crippen LogP contribution < -0.4 is 4.52 Å². The van der Waals surface area contributed by atoms with Crippen molar-refractivity contribution in [1.29, 1.82) is 0 Å². The van der Waals surface area contributed by atoms with Crippen LogP contribution in [0.5, 0.6) is 5.75 Å². The van der Waals surface area contributed by atoms with Gasteiger partial charge in [0.1, 0.15) is 0 Å². The molecule has 3 rings (SSSR count). The van der Waals surface area contributed by atoms with Crippen molar-refractivity contribution in [2.75, 3.05) is 0 Å².